The van der Waals surface area contributed by atoms with E-state index in [1.165, 1.54) is 0 Å². The summed E-state index contributed by atoms with van der Waals surface area (Å²) in [6, 6.07) is -0.638. The number of nitrogens with one attached hydrogen (secondary N) is 2. The van der Waals surface area contributed by atoms with Crippen molar-refractivity contribution < 1.29 is 19.1 Å². The molecule has 7 nitrogen and oxygen atoms in total. The highest BCUT2D eigenvalue weighted by atomic mass is 16.5. The molecular weight excluding hydrogens is 286 g/mol. The first kappa shape index (κ1) is 18.4. The van der Waals surface area contributed by atoms with Crippen molar-refractivity contribution >= 4 is 17.8 Å². The first-order chi connectivity index (χ1) is 10.4. The standard InChI is InChI=1S/C15H27N3O4/c1-4-5-16-13(19)9-18-7-6-17-15(21)12(18)8-14(20)22-10-11(2)3/h11-12H,4-10H2,1-3H3,(H,16,19)(H,17,21). The van der Waals surface area contributed by atoms with E-state index in [1.807, 2.05) is 20.8 Å². The van der Waals surface area contributed by atoms with Gasteiger partial charge in [0.2, 0.25) is 11.8 Å². The van der Waals surface area contributed by atoms with Gasteiger partial charge in [0.25, 0.3) is 0 Å². The Bertz CT molecular complexity index is 398. The lowest BCUT2D eigenvalue weighted by Gasteiger charge is -2.33. The van der Waals surface area contributed by atoms with Gasteiger partial charge in [0, 0.05) is 19.6 Å². The van der Waals surface area contributed by atoms with Crippen molar-refractivity contribution in [2.24, 2.45) is 5.92 Å². The summed E-state index contributed by atoms with van der Waals surface area (Å²) in [6.07, 6.45) is 0.830. The Labute approximate surface area is 131 Å². The minimum absolute atomic E-state index is 0.0282. The van der Waals surface area contributed by atoms with Crippen LogP contribution < -0.4 is 10.6 Å². The van der Waals surface area contributed by atoms with E-state index in [0.29, 0.717) is 26.2 Å². The summed E-state index contributed by atoms with van der Waals surface area (Å²) in [6.45, 7) is 7.97. The molecule has 1 fully saturated rings. The summed E-state index contributed by atoms with van der Waals surface area (Å²) in [4.78, 5) is 37.4. The maximum atomic E-state index is 12.0. The number of hydrogen-bond acceptors (Lipinski definition) is 5. The van der Waals surface area contributed by atoms with Crippen LogP contribution >= 0.6 is 0 Å². The highest BCUT2D eigenvalue weighted by molar-refractivity contribution is 5.88. The highest BCUT2D eigenvalue weighted by Crippen LogP contribution is 2.10. The first-order valence-electron chi connectivity index (χ1n) is 7.88. The molecule has 0 aromatic heterocycles. The van der Waals surface area contributed by atoms with E-state index < -0.39 is 12.0 Å². The number of carbonyl (C=O) groups excluding carboxylic acids is 3. The van der Waals surface area contributed by atoms with Crippen LogP contribution in [0.3, 0.4) is 0 Å². The summed E-state index contributed by atoms with van der Waals surface area (Å²) in [5.41, 5.74) is 0. The minimum atomic E-state index is -0.638. The Morgan fingerprint density at radius 1 is 1.45 bits per heavy atom. The molecule has 1 unspecified atom stereocenters. The van der Waals surface area contributed by atoms with E-state index >= 15 is 0 Å². The van der Waals surface area contributed by atoms with E-state index in [-0.39, 0.29) is 30.7 Å². The molecular formula is C15H27N3O4. The van der Waals surface area contributed by atoms with Crippen molar-refractivity contribution in [1.29, 1.82) is 0 Å². The Morgan fingerprint density at radius 3 is 2.82 bits per heavy atom. The van der Waals surface area contributed by atoms with Crippen molar-refractivity contribution in [2.75, 3.05) is 32.8 Å². The molecule has 126 valence electrons. The summed E-state index contributed by atoms with van der Waals surface area (Å²) < 4.78 is 5.13. The monoisotopic (exact) mass is 313 g/mol. The molecule has 1 aliphatic rings. The topological polar surface area (TPSA) is 87.7 Å². The lowest BCUT2D eigenvalue weighted by Crippen LogP contribution is -2.58. The molecule has 1 aliphatic heterocycles. The molecule has 2 N–H and O–H groups in total. The Balaban J connectivity index is 2.55. The smallest absolute Gasteiger partial charge is 0.307 e. The van der Waals surface area contributed by atoms with Crippen LogP contribution in [0.2, 0.25) is 0 Å². The van der Waals surface area contributed by atoms with Crippen LogP contribution in [0.15, 0.2) is 0 Å². The summed E-state index contributed by atoms with van der Waals surface area (Å²) in [7, 11) is 0. The van der Waals surface area contributed by atoms with Gasteiger partial charge in [-0.05, 0) is 12.3 Å². The van der Waals surface area contributed by atoms with E-state index in [0.717, 1.165) is 6.42 Å². The number of nitrogens with zero attached hydrogens (tertiary/aromatic N) is 1. The van der Waals surface area contributed by atoms with Crippen LogP contribution in [-0.4, -0.2) is 61.5 Å². The van der Waals surface area contributed by atoms with Gasteiger partial charge in [-0.1, -0.05) is 20.8 Å². The van der Waals surface area contributed by atoms with Crippen LogP contribution in [0.5, 0.6) is 0 Å². The fourth-order valence-electron chi connectivity index (χ4n) is 2.15. The van der Waals surface area contributed by atoms with Crippen LogP contribution in [0.1, 0.15) is 33.6 Å². The largest absolute Gasteiger partial charge is 0.465 e. The zero-order valence-corrected chi connectivity index (χ0v) is 13.7. The Hall–Kier alpha value is -1.63. The van der Waals surface area contributed by atoms with Gasteiger partial charge >= 0.3 is 5.97 Å². The van der Waals surface area contributed by atoms with Crippen molar-refractivity contribution in [2.45, 2.75) is 39.7 Å². The quantitative estimate of drug-likeness (QED) is 0.611. The maximum absolute atomic E-state index is 12.0. The molecule has 0 spiro atoms. The highest BCUT2D eigenvalue weighted by Gasteiger charge is 2.33. The average Bonchev–Trinajstić information content (AvgIpc) is 2.46. The van der Waals surface area contributed by atoms with Crippen LogP contribution in [-0.2, 0) is 19.1 Å². The van der Waals surface area contributed by atoms with Crippen molar-refractivity contribution in [1.82, 2.24) is 15.5 Å². The van der Waals surface area contributed by atoms with Gasteiger partial charge in [0.05, 0.1) is 19.6 Å². The molecule has 1 saturated heterocycles. The number of piperazine rings is 1. The third-order valence-corrected chi connectivity index (χ3v) is 3.30. The van der Waals surface area contributed by atoms with Crippen LogP contribution in [0.25, 0.3) is 0 Å². The van der Waals surface area contributed by atoms with Crippen LogP contribution in [0, 0.1) is 5.92 Å². The van der Waals surface area contributed by atoms with Crippen molar-refractivity contribution in [3.8, 4) is 0 Å². The molecule has 0 aromatic rings. The summed E-state index contributed by atoms with van der Waals surface area (Å²) in [5, 5.41) is 5.51. The van der Waals surface area contributed by atoms with Gasteiger partial charge in [-0.3, -0.25) is 19.3 Å². The number of hydrogen-bond donors (Lipinski definition) is 2. The molecule has 2 amide bonds. The number of ether oxygens (including phenoxy) is 1. The number of carbonyl (C=O) groups is 3. The predicted molar refractivity (Wildman–Crippen MR) is 82.1 cm³/mol. The lowest BCUT2D eigenvalue weighted by molar-refractivity contribution is -0.150. The molecule has 1 heterocycles. The molecule has 1 rings (SSSR count). The predicted octanol–water partition coefficient (Wildman–Crippen LogP) is -0.0977. The second-order valence-corrected chi connectivity index (χ2v) is 5.91. The average molecular weight is 313 g/mol. The van der Waals surface area contributed by atoms with Gasteiger partial charge < -0.3 is 15.4 Å². The maximum Gasteiger partial charge on any atom is 0.307 e. The molecule has 0 radical (unpaired) electrons. The van der Waals surface area contributed by atoms with Gasteiger partial charge in [-0.25, -0.2) is 0 Å². The van der Waals surface area contributed by atoms with Gasteiger partial charge in [-0.15, -0.1) is 0 Å². The SMILES string of the molecule is CCCNC(=O)CN1CCNC(=O)C1CC(=O)OCC(C)C. The molecule has 0 saturated carbocycles. The molecule has 0 aromatic carbocycles. The molecule has 7 heteroatoms. The normalized spacial score (nSPS) is 18.9. The molecule has 22 heavy (non-hydrogen) atoms. The Morgan fingerprint density at radius 2 is 2.18 bits per heavy atom. The van der Waals surface area contributed by atoms with Crippen molar-refractivity contribution in [3.05, 3.63) is 0 Å². The van der Waals surface area contributed by atoms with E-state index in [2.05, 4.69) is 10.6 Å². The third kappa shape index (κ3) is 6.43. The summed E-state index contributed by atoms with van der Waals surface area (Å²) >= 11 is 0. The van der Waals surface area contributed by atoms with Crippen LogP contribution in [0.4, 0.5) is 0 Å². The zero-order valence-electron chi connectivity index (χ0n) is 13.7. The minimum Gasteiger partial charge on any atom is -0.465 e. The van der Waals surface area contributed by atoms with E-state index in [9.17, 15) is 14.4 Å². The lowest BCUT2D eigenvalue weighted by atomic mass is 10.1. The summed E-state index contributed by atoms with van der Waals surface area (Å²) in [5.74, 6) is -0.511. The number of amides is 2. The zero-order chi connectivity index (χ0) is 16.5. The first-order valence-corrected chi connectivity index (χ1v) is 7.88. The van der Waals surface area contributed by atoms with Gasteiger partial charge in [-0.2, -0.15) is 0 Å². The third-order valence-electron chi connectivity index (χ3n) is 3.30. The fraction of sp³-hybridized carbons (Fsp3) is 0.800. The number of esters is 1. The van der Waals surface area contributed by atoms with Gasteiger partial charge in [0.15, 0.2) is 0 Å². The van der Waals surface area contributed by atoms with Crippen molar-refractivity contribution in [3.63, 3.8) is 0 Å². The second-order valence-electron chi connectivity index (χ2n) is 5.91. The second kappa shape index (κ2) is 9.40. The van der Waals surface area contributed by atoms with E-state index in [4.69, 9.17) is 4.74 Å². The number of rotatable bonds is 8. The van der Waals surface area contributed by atoms with Gasteiger partial charge in [0.1, 0.15) is 6.04 Å². The molecule has 0 bridgehead atoms. The molecule has 0 aliphatic carbocycles. The van der Waals surface area contributed by atoms with E-state index in [1.54, 1.807) is 4.90 Å². The fourth-order valence-corrected chi connectivity index (χ4v) is 2.15. The molecule has 1 atom stereocenters. The Kier molecular flexibility index (Phi) is 7.87.